The second kappa shape index (κ2) is 14.3. The number of ether oxygens (including phenoxy) is 3. The van der Waals surface area contributed by atoms with Crippen LogP contribution in [0.15, 0.2) is 42.5 Å². The number of amides is 2. The number of aryl methyl sites for hydroxylation is 3. The molecule has 0 aliphatic heterocycles. The van der Waals surface area contributed by atoms with Crippen molar-refractivity contribution in [3.63, 3.8) is 0 Å². The van der Waals surface area contributed by atoms with E-state index in [1.165, 1.54) is 5.56 Å². The Morgan fingerprint density at radius 2 is 1.09 bits per heavy atom. The Balaban J connectivity index is 1.38. The molecule has 2 aromatic rings. The molecule has 0 fully saturated rings. The summed E-state index contributed by atoms with van der Waals surface area (Å²) in [5, 5.41) is 5.66. The minimum absolute atomic E-state index is 0.0971. The molecule has 0 aliphatic carbocycles. The lowest BCUT2D eigenvalue weighted by Gasteiger charge is -2.09. The highest BCUT2D eigenvalue weighted by atomic mass is 16.5. The van der Waals surface area contributed by atoms with Crippen molar-refractivity contribution in [2.45, 2.75) is 20.8 Å². The minimum Gasteiger partial charge on any atom is -0.377 e. The molecule has 32 heavy (non-hydrogen) atoms. The molecule has 0 aromatic heterocycles. The maximum absolute atomic E-state index is 12.1. The molecule has 2 N–H and O–H groups in total. The summed E-state index contributed by atoms with van der Waals surface area (Å²) < 4.78 is 16.3. The highest BCUT2D eigenvalue weighted by Crippen LogP contribution is 2.09. The van der Waals surface area contributed by atoms with E-state index >= 15 is 0 Å². The standard InChI is InChI=1S/C25H34N2O5/c1-19-4-7-22(8-5-19)24(28)26-10-12-30-14-16-32-17-15-31-13-11-27-25(29)23-9-6-20(2)21(3)18-23/h4-9,18H,10-17H2,1-3H3,(H,26,28)(H,27,29). The molecule has 0 spiro atoms. The molecular formula is C25H34N2O5. The van der Waals surface area contributed by atoms with Crippen molar-refractivity contribution in [2.24, 2.45) is 0 Å². The summed E-state index contributed by atoms with van der Waals surface area (Å²) >= 11 is 0. The third-order valence-electron chi connectivity index (χ3n) is 4.89. The molecule has 7 heteroatoms. The lowest BCUT2D eigenvalue weighted by Crippen LogP contribution is -2.28. The first kappa shape index (κ1) is 25.5. The Bertz CT molecular complexity index is 852. The van der Waals surface area contributed by atoms with Crippen LogP contribution in [0.4, 0.5) is 0 Å². The van der Waals surface area contributed by atoms with Gasteiger partial charge in [0.25, 0.3) is 11.8 Å². The molecule has 174 valence electrons. The monoisotopic (exact) mass is 442 g/mol. The van der Waals surface area contributed by atoms with Crippen molar-refractivity contribution in [1.29, 1.82) is 0 Å². The van der Waals surface area contributed by atoms with Crippen molar-refractivity contribution < 1.29 is 23.8 Å². The van der Waals surface area contributed by atoms with Gasteiger partial charge in [-0.2, -0.15) is 0 Å². The van der Waals surface area contributed by atoms with Gasteiger partial charge in [-0.15, -0.1) is 0 Å². The van der Waals surface area contributed by atoms with Crippen LogP contribution in [0, 0.1) is 20.8 Å². The molecule has 0 bridgehead atoms. The highest BCUT2D eigenvalue weighted by Gasteiger charge is 2.06. The van der Waals surface area contributed by atoms with Crippen LogP contribution in [-0.2, 0) is 14.2 Å². The lowest BCUT2D eigenvalue weighted by molar-refractivity contribution is 0.0157. The van der Waals surface area contributed by atoms with E-state index in [-0.39, 0.29) is 11.8 Å². The Morgan fingerprint density at radius 3 is 1.62 bits per heavy atom. The van der Waals surface area contributed by atoms with Gasteiger partial charge in [-0.3, -0.25) is 9.59 Å². The van der Waals surface area contributed by atoms with E-state index in [0.29, 0.717) is 63.9 Å². The Kier molecular flexibility index (Phi) is 11.4. The van der Waals surface area contributed by atoms with Crippen molar-refractivity contribution in [2.75, 3.05) is 52.7 Å². The third-order valence-corrected chi connectivity index (χ3v) is 4.89. The van der Waals surface area contributed by atoms with E-state index in [1.807, 2.05) is 51.1 Å². The molecule has 7 nitrogen and oxygen atoms in total. The van der Waals surface area contributed by atoms with Gasteiger partial charge in [0, 0.05) is 24.2 Å². The van der Waals surface area contributed by atoms with Crippen LogP contribution in [0.2, 0.25) is 0 Å². The summed E-state index contributed by atoms with van der Waals surface area (Å²) in [5.41, 5.74) is 4.69. The fourth-order valence-corrected chi connectivity index (χ4v) is 2.81. The second-order valence-corrected chi connectivity index (χ2v) is 7.51. The summed E-state index contributed by atoms with van der Waals surface area (Å²) in [7, 11) is 0. The largest absolute Gasteiger partial charge is 0.377 e. The normalized spacial score (nSPS) is 10.7. The molecule has 0 saturated carbocycles. The van der Waals surface area contributed by atoms with Crippen LogP contribution >= 0.6 is 0 Å². The minimum atomic E-state index is -0.104. The number of rotatable bonds is 14. The van der Waals surface area contributed by atoms with Crippen LogP contribution in [-0.4, -0.2) is 64.5 Å². The number of carbonyl (C=O) groups excluding carboxylic acids is 2. The zero-order valence-electron chi connectivity index (χ0n) is 19.2. The maximum atomic E-state index is 12.1. The Hall–Kier alpha value is -2.74. The first-order chi connectivity index (χ1) is 15.5. The van der Waals surface area contributed by atoms with Crippen molar-refractivity contribution in [1.82, 2.24) is 10.6 Å². The van der Waals surface area contributed by atoms with E-state index in [2.05, 4.69) is 10.6 Å². The zero-order valence-corrected chi connectivity index (χ0v) is 19.2. The molecule has 0 aliphatic rings. The number of carbonyl (C=O) groups is 2. The number of nitrogens with one attached hydrogen (secondary N) is 2. The van der Waals surface area contributed by atoms with Crippen molar-refractivity contribution in [3.8, 4) is 0 Å². The van der Waals surface area contributed by atoms with E-state index in [9.17, 15) is 9.59 Å². The molecule has 2 rings (SSSR count). The summed E-state index contributed by atoms with van der Waals surface area (Å²) in [4.78, 5) is 24.0. The van der Waals surface area contributed by atoms with Gasteiger partial charge in [-0.1, -0.05) is 23.8 Å². The average molecular weight is 443 g/mol. The molecule has 2 aromatic carbocycles. The van der Waals surface area contributed by atoms with Gasteiger partial charge in [0.15, 0.2) is 0 Å². The van der Waals surface area contributed by atoms with E-state index in [1.54, 1.807) is 12.1 Å². The van der Waals surface area contributed by atoms with Crippen LogP contribution in [0.3, 0.4) is 0 Å². The van der Waals surface area contributed by atoms with E-state index in [4.69, 9.17) is 14.2 Å². The van der Waals surface area contributed by atoms with Crippen LogP contribution in [0.5, 0.6) is 0 Å². The SMILES string of the molecule is Cc1ccc(C(=O)NCCOCCOCCOCCNC(=O)c2ccc(C)c(C)c2)cc1. The Morgan fingerprint density at radius 1 is 0.625 bits per heavy atom. The van der Waals surface area contributed by atoms with Crippen LogP contribution in [0.25, 0.3) is 0 Å². The number of hydrogen-bond donors (Lipinski definition) is 2. The molecule has 2 amide bonds. The summed E-state index contributed by atoms with van der Waals surface area (Å²) in [6.07, 6.45) is 0. The zero-order chi connectivity index (χ0) is 23.2. The maximum Gasteiger partial charge on any atom is 0.251 e. The van der Waals surface area contributed by atoms with Crippen molar-refractivity contribution in [3.05, 3.63) is 70.3 Å². The van der Waals surface area contributed by atoms with Gasteiger partial charge in [-0.05, 0) is 56.2 Å². The quantitative estimate of drug-likeness (QED) is 0.440. The number of hydrogen-bond acceptors (Lipinski definition) is 5. The molecule has 0 unspecified atom stereocenters. The van der Waals surface area contributed by atoms with Gasteiger partial charge in [-0.25, -0.2) is 0 Å². The predicted octanol–water partition coefficient (Wildman–Crippen LogP) is 2.82. The van der Waals surface area contributed by atoms with Crippen LogP contribution < -0.4 is 10.6 Å². The average Bonchev–Trinajstić information content (AvgIpc) is 2.78. The third kappa shape index (κ3) is 9.60. The first-order valence-corrected chi connectivity index (χ1v) is 10.9. The second-order valence-electron chi connectivity index (χ2n) is 7.51. The van der Waals surface area contributed by atoms with Gasteiger partial charge >= 0.3 is 0 Å². The van der Waals surface area contributed by atoms with E-state index in [0.717, 1.165) is 11.1 Å². The fourth-order valence-electron chi connectivity index (χ4n) is 2.81. The van der Waals surface area contributed by atoms with Crippen molar-refractivity contribution >= 4 is 11.8 Å². The predicted molar refractivity (Wildman–Crippen MR) is 124 cm³/mol. The van der Waals surface area contributed by atoms with Gasteiger partial charge in [0.05, 0.1) is 39.6 Å². The first-order valence-electron chi connectivity index (χ1n) is 10.9. The summed E-state index contributed by atoms with van der Waals surface area (Å²) in [5.74, 6) is -0.202. The number of benzene rings is 2. The molecule has 0 heterocycles. The Labute approximate surface area is 190 Å². The molecule has 0 saturated heterocycles. The topological polar surface area (TPSA) is 85.9 Å². The summed E-state index contributed by atoms with van der Waals surface area (Å²) in [6.45, 7) is 9.56. The van der Waals surface area contributed by atoms with Gasteiger partial charge in [0.2, 0.25) is 0 Å². The fraction of sp³-hybridized carbons (Fsp3) is 0.440. The summed E-state index contributed by atoms with van der Waals surface area (Å²) in [6, 6.07) is 13.1. The molecule has 0 atom stereocenters. The molecule has 0 radical (unpaired) electrons. The van der Waals surface area contributed by atoms with Gasteiger partial charge < -0.3 is 24.8 Å². The highest BCUT2D eigenvalue weighted by molar-refractivity contribution is 5.94. The smallest absolute Gasteiger partial charge is 0.251 e. The van der Waals surface area contributed by atoms with Crippen LogP contribution in [0.1, 0.15) is 37.4 Å². The van der Waals surface area contributed by atoms with E-state index < -0.39 is 0 Å². The van der Waals surface area contributed by atoms with Gasteiger partial charge in [0.1, 0.15) is 0 Å². The molecular weight excluding hydrogens is 408 g/mol. The lowest BCUT2D eigenvalue weighted by atomic mass is 10.1.